The Bertz CT molecular complexity index is 117. The lowest BCUT2D eigenvalue weighted by Gasteiger charge is -2.35. The molecular weight excluding hydrogens is 150 g/mol. The van der Waals surface area contributed by atoms with E-state index in [1.807, 2.05) is 0 Å². The lowest BCUT2D eigenvalue weighted by molar-refractivity contribution is 0.0971. The zero-order valence-electron chi connectivity index (χ0n) is 8.58. The van der Waals surface area contributed by atoms with Gasteiger partial charge in [0, 0.05) is 26.2 Å². The summed E-state index contributed by atoms with van der Waals surface area (Å²) in [5.41, 5.74) is 0. The molecule has 0 aromatic rings. The third-order valence-electron chi connectivity index (χ3n) is 2.39. The molecule has 3 nitrogen and oxygen atoms in total. The van der Waals surface area contributed by atoms with E-state index in [1.54, 1.807) is 0 Å². The maximum absolute atomic E-state index is 2.51. The van der Waals surface area contributed by atoms with Gasteiger partial charge in [0.2, 0.25) is 0 Å². The molecule has 0 aromatic carbocycles. The minimum absolute atomic E-state index is 1.11. The number of nitrogens with zero attached hydrogens (tertiary/aromatic N) is 3. The van der Waals surface area contributed by atoms with Gasteiger partial charge in [-0.25, -0.2) is 0 Å². The van der Waals surface area contributed by atoms with Gasteiger partial charge in [0.25, 0.3) is 0 Å². The average Bonchev–Trinajstić information content (AvgIpc) is 2.05. The van der Waals surface area contributed by atoms with Crippen LogP contribution in [0.3, 0.4) is 0 Å². The first-order valence-corrected chi connectivity index (χ1v) is 4.82. The van der Waals surface area contributed by atoms with Crippen LogP contribution in [0.25, 0.3) is 0 Å². The first kappa shape index (κ1) is 9.96. The summed E-state index contributed by atoms with van der Waals surface area (Å²) in [4.78, 5) is 7.25. The molecule has 1 saturated heterocycles. The Morgan fingerprint density at radius 3 is 1.92 bits per heavy atom. The van der Waals surface area contributed by atoms with Crippen molar-refractivity contribution >= 4 is 0 Å². The van der Waals surface area contributed by atoms with Crippen molar-refractivity contribution in [1.29, 1.82) is 0 Å². The van der Waals surface area contributed by atoms with Gasteiger partial charge in [-0.2, -0.15) is 0 Å². The van der Waals surface area contributed by atoms with Gasteiger partial charge in [-0.05, 0) is 20.6 Å². The van der Waals surface area contributed by atoms with E-state index in [4.69, 9.17) is 0 Å². The highest BCUT2D eigenvalue weighted by Crippen LogP contribution is 2.00. The molecule has 1 aliphatic rings. The van der Waals surface area contributed by atoms with Gasteiger partial charge < -0.3 is 4.90 Å². The Morgan fingerprint density at radius 2 is 1.50 bits per heavy atom. The number of piperazine rings is 1. The average molecular weight is 171 g/mol. The molecule has 0 unspecified atom stereocenters. The van der Waals surface area contributed by atoms with Crippen LogP contribution in [0, 0.1) is 0 Å². The molecule has 0 aliphatic carbocycles. The fourth-order valence-corrected chi connectivity index (χ4v) is 1.65. The maximum atomic E-state index is 2.51. The second kappa shape index (κ2) is 4.80. The van der Waals surface area contributed by atoms with E-state index in [9.17, 15) is 0 Å². The summed E-state index contributed by atoms with van der Waals surface area (Å²) < 4.78 is 0. The zero-order valence-corrected chi connectivity index (χ0v) is 8.58. The smallest absolute Gasteiger partial charge is 0.0501 e. The number of hydrogen-bond acceptors (Lipinski definition) is 3. The Kier molecular flexibility index (Phi) is 3.98. The molecule has 0 saturated carbocycles. The number of likely N-dealkylation sites (N-methyl/N-ethyl adjacent to an activating group) is 1. The van der Waals surface area contributed by atoms with Gasteiger partial charge in [-0.3, -0.25) is 9.80 Å². The van der Waals surface area contributed by atoms with Crippen LogP contribution < -0.4 is 0 Å². The van der Waals surface area contributed by atoms with Crippen molar-refractivity contribution < 1.29 is 0 Å². The fourth-order valence-electron chi connectivity index (χ4n) is 1.65. The van der Waals surface area contributed by atoms with E-state index < -0.39 is 0 Å². The van der Waals surface area contributed by atoms with Crippen LogP contribution in [0.15, 0.2) is 0 Å². The molecule has 0 N–H and O–H groups in total. The minimum Gasteiger partial charge on any atom is -0.301 e. The predicted octanol–water partition coefficient (Wildman–Crippen LogP) is 0.143. The monoisotopic (exact) mass is 171 g/mol. The summed E-state index contributed by atoms with van der Waals surface area (Å²) in [5.74, 6) is 0. The van der Waals surface area contributed by atoms with Gasteiger partial charge in [-0.1, -0.05) is 6.92 Å². The molecule has 1 rings (SSSR count). The normalized spacial score (nSPS) is 22.0. The van der Waals surface area contributed by atoms with Crippen LogP contribution in [0.2, 0.25) is 0 Å². The standard InChI is InChI=1S/C9H21N3/c1-4-11-5-7-12(8-6-11)9-10(2)3/h4-9H2,1-3H3. The van der Waals surface area contributed by atoms with Crippen molar-refractivity contribution in [2.24, 2.45) is 0 Å². The van der Waals surface area contributed by atoms with Gasteiger partial charge in [0.05, 0.1) is 6.67 Å². The van der Waals surface area contributed by atoms with Crippen molar-refractivity contribution in [3.8, 4) is 0 Å². The Hall–Kier alpha value is -0.120. The van der Waals surface area contributed by atoms with E-state index in [-0.39, 0.29) is 0 Å². The second-order valence-corrected chi connectivity index (χ2v) is 3.77. The van der Waals surface area contributed by atoms with Crippen molar-refractivity contribution in [2.75, 3.05) is 53.5 Å². The predicted molar refractivity (Wildman–Crippen MR) is 52.2 cm³/mol. The quantitative estimate of drug-likeness (QED) is 0.598. The van der Waals surface area contributed by atoms with Gasteiger partial charge in [-0.15, -0.1) is 0 Å². The lowest BCUT2D eigenvalue weighted by Crippen LogP contribution is -2.48. The van der Waals surface area contributed by atoms with E-state index in [1.165, 1.54) is 32.7 Å². The summed E-state index contributed by atoms with van der Waals surface area (Å²) in [6, 6.07) is 0. The van der Waals surface area contributed by atoms with Crippen LogP contribution in [-0.4, -0.2) is 68.2 Å². The van der Waals surface area contributed by atoms with E-state index in [0.29, 0.717) is 0 Å². The molecule has 0 spiro atoms. The fraction of sp³-hybridized carbons (Fsp3) is 1.00. The van der Waals surface area contributed by atoms with Crippen LogP contribution in [0.1, 0.15) is 6.92 Å². The molecule has 1 heterocycles. The van der Waals surface area contributed by atoms with Crippen LogP contribution >= 0.6 is 0 Å². The van der Waals surface area contributed by atoms with Crippen molar-refractivity contribution in [2.45, 2.75) is 6.92 Å². The summed E-state index contributed by atoms with van der Waals surface area (Å²) in [6.07, 6.45) is 0. The van der Waals surface area contributed by atoms with Crippen LogP contribution in [0.5, 0.6) is 0 Å². The highest BCUT2D eigenvalue weighted by atomic mass is 15.3. The van der Waals surface area contributed by atoms with Gasteiger partial charge in [0.1, 0.15) is 0 Å². The third kappa shape index (κ3) is 3.09. The van der Waals surface area contributed by atoms with E-state index >= 15 is 0 Å². The minimum atomic E-state index is 1.11. The van der Waals surface area contributed by atoms with Crippen molar-refractivity contribution in [3.05, 3.63) is 0 Å². The molecule has 0 amide bonds. The van der Waals surface area contributed by atoms with E-state index in [0.717, 1.165) is 6.67 Å². The Labute approximate surface area is 75.9 Å². The molecule has 0 atom stereocenters. The van der Waals surface area contributed by atoms with Gasteiger partial charge >= 0.3 is 0 Å². The molecule has 1 aliphatic heterocycles. The van der Waals surface area contributed by atoms with Gasteiger partial charge in [0.15, 0.2) is 0 Å². The summed E-state index contributed by atoms with van der Waals surface area (Å²) in [5, 5.41) is 0. The second-order valence-electron chi connectivity index (χ2n) is 3.77. The largest absolute Gasteiger partial charge is 0.301 e. The summed E-state index contributed by atoms with van der Waals surface area (Å²) in [7, 11) is 4.26. The maximum Gasteiger partial charge on any atom is 0.0501 e. The highest BCUT2D eigenvalue weighted by molar-refractivity contribution is 4.69. The van der Waals surface area contributed by atoms with Crippen LogP contribution in [0.4, 0.5) is 0 Å². The molecule has 3 heteroatoms. The molecule has 0 aromatic heterocycles. The Morgan fingerprint density at radius 1 is 1.00 bits per heavy atom. The first-order valence-electron chi connectivity index (χ1n) is 4.82. The van der Waals surface area contributed by atoms with Crippen molar-refractivity contribution in [3.63, 3.8) is 0 Å². The lowest BCUT2D eigenvalue weighted by atomic mass is 10.3. The van der Waals surface area contributed by atoms with Crippen molar-refractivity contribution in [1.82, 2.24) is 14.7 Å². The molecule has 0 bridgehead atoms. The molecular formula is C9H21N3. The molecule has 12 heavy (non-hydrogen) atoms. The molecule has 0 radical (unpaired) electrons. The molecule has 1 fully saturated rings. The first-order chi connectivity index (χ1) is 5.72. The highest BCUT2D eigenvalue weighted by Gasteiger charge is 2.14. The summed E-state index contributed by atoms with van der Waals surface area (Å²) >= 11 is 0. The molecule has 72 valence electrons. The topological polar surface area (TPSA) is 9.72 Å². The Balaban J connectivity index is 2.17. The van der Waals surface area contributed by atoms with Crippen LogP contribution in [-0.2, 0) is 0 Å². The summed E-state index contributed by atoms with van der Waals surface area (Å²) in [6.45, 7) is 9.49. The third-order valence-corrected chi connectivity index (χ3v) is 2.39. The van der Waals surface area contributed by atoms with E-state index in [2.05, 4.69) is 35.7 Å². The number of rotatable bonds is 3. The SMILES string of the molecule is CCN1CCN(CN(C)C)CC1. The zero-order chi connectivity index (χ0) is 8.97. The number of hydrogen-bond donors (Lipinski definition) is 0.